The van der Waals surface area contributed by atoms with Crippen LogP contribution in [0.3, 0.4) is 0 Å². The number of H-pyrrole nitrogens is 1. The summed E-state index contributed by atoms with van der Waals surface area (Å²) >= 11 is 0. The summed E-state index contributed by atoms with van der Waals surface area (Å²) in [6, 6.07) is 18.0. The van der Waals surface area contributed by atoms with Gasteiger partial charge in [0.1, 0.15) is 11.4 Å². The molecule has 0 spiro atoms. The van der Waals surface area contributed by atoms with Gasteiger partial charge >= 0.3 is 0 Å². The maximum absolute atomic E-state index is 5.49. The topological polar surface area (TPSA) is 65.6 Å². The minimum Gasteiger partial charge on any atom is -0.497 e. The van der Waals surface area contributed by atoms with Crippen LogP contribution in [0.25, 0.3) is 33.3 Å². The third kappa shape index (κ3) is 3.33. The van der Waals surface area contributed by atoms with E-state index < -0.39 is 0 Å². The second kappa shape index (κ2) is 7.75. The minimum atomic E-state index is 0.553. The molecular weight excluding hydrogens is 368 g/mol. The lowest BCUT2D eigenvalue weighted by molar-refractivity contribution is 0.324. The van der Waals surface area contributed by atoms with Crippen LogP contribution in [-0.2, 0) is 0 Å². The smallest absolute Gasteiger partial charge is 0.203 e. The highest BCUT2D eigenvalue weighted by Crippen LogP contribution is 2.42. The molecule has 0 aliphatic heterocycles. The molecule has 0 aliphatic carbocycles. The molecule has 0 radical (unpaired) electrons. The number of aromatic nitrogens is 2. The van der Waals surface area contributed by atoms with Crippen molar-refractivity contribution in [3.05, 3.63) is 54.6 Å². The van der Waals surface area contributed by atoms with Crippen molar-refractivity contribution in [2.24, 2.45) is 0 Å². The van der Waals surface area contributed by atoms with E-state index in [1.807, 2.05) is 42.5 Å². The van der Waals surface area contributed by atoms with E-state index in [0.717, 1.165) is 39.0 Å². The molecule has 0 atom stereocenters. The Hall–Kier alpha value is -3.67. The van der Waals surface area contributed by atoms with Crippen molar-refractivity contribution in [3.63, 3.8) is 0 Å². The predicted octanol–water partition coefficient (Wildman–Crippen LogP) is 4.93. The third-order valence-corrected chi connectivity index (χ3v) is 4.92. The first-order valence-electron chi connectivity index (χ1n) is 9.11. The first-order valence-corrected chi connectivity index (χ1v) is 9.11. The molecule has 1 aromatic heterocycles. The van der Waals surface area contributed by atoms with Gasteiger partial charge in [0.05, 0.1) is 34.0 Å². The number of aromatic amines is 1. The molecule has 6 nitrogen and oxygen atoms in total. The summed E-state index contributed by atoms with van der Waals surface area (Å²) in [5.74, 6) is 2.56. The number of benzene rings is 3. The van der Waals surface area contributed by atoms with Gasteiger partial charge in [-0.05, 0) is 47.5 Å². The fraction of sp³-hybridized carbons (Fsp3) is 0.174. The first-order chi connectivity index (χ1) is 14.2. The second-order valence-corrected chi connectivity index (χ2v) is 6.48. The zero-order chi connectivity index (χ0) is 20.4. The standard InChI is InChI=1S/C23H22N2O4/c1-26-17-8-5-14(6-9-17)15-7-10-19-18(11-15)22(25-24-19)16-12-20(27-2)23(29-4)21(13-16)28-3/h5-13H,1-4H3,(H,24,25). The highest BCUT2D eigenvalue weighted by atomic mass is 16.5. The van der Waals surface area contributed by atoms with Gasteiger partial charge in [-0.25, -0.2) is 0 Å². The van der Waals surface area contributed by atoms with Gasteiger partial charge in [-0.2, -0.15) is 5.10 Å². The van der Waals surface area contributed by atoms with E-state index in [-0.39, 0.29) is 0 Å². The number of rotatable bonds is 6. The zero-order valence-corrected chi connectivity index (χ0v) is 16.8. The molecule has 1 N–H and O–H groups in total. The first kappa shape index (κ1) is 18.7. The summed E-state index contributed by atoms with van der Waals surface area (Å²) in [4.78, 5) is 0. The number of nitrogens with one attached hydrogen (secondary N) is 1. The van der Waals surface area contributed by atoms with Gasteiger partial charge in [0, 0.05) is 10.9 Å². The molecule has 148 valence electrons. The molecule has 1 heterocycles. The fourth-order valence-electron chi connectivity index (χ4n) is 3.41. The van der Waals surface area contributed by atoms with Crippen molar-refractivity contribution < 1.29 is 18.9 Å². The summed E-state index contributed by atoms with van der Waals surface area (Å²) < 4.78 is 21.7. The SMILES string of the molecule is COc1ccc(-c2ccc3[nH]nc(-c4cc(OC)c(OC)c(OC)c4)c3c2)cc1. The maximum atomic E-state index is 5.49. The Morgan fingerprint density at radius 3 is 1.90 bits per heavy atom. The molecule has 4 aromatic rings. The normalized spacial score (nSPS) is 10.8. The van der Waals surface area contributed by atoms with Crippen LogP contribution in [0, 0.1) is 0 Å². The quantitative estimate of drug-likeness (QED) is 0.506. The molecule has 0 amide bonds. The Morgan fingerprint density at radius 2 is 1.31 bits per heavy atom. The maximum Gasteiger partial charge on any atom is 0.203 e. The Balaban J connectivity index is 1.84. The van der Waals surface area contributed by atoms with Crippen LogP contribution in [-0.4, -0.2) is 38.6 Å². The van der Waals surface area contributed by atoms with Crippen molar-refractivity contribution in [1.82, 2.24) is 10.2 Å². The molecule has 0 aliphatic rings. The van der Waals surface area contributed by atoms with Crippen LogP contribution in [0.5, 0.6) is 23.0 Å². The van der Waals surface area contributed by atoms with E-state index in [1.54, 1.807) is 28.4 Å². The van der Waals surface area contributed by atoms with E-state index in [4.69, 9.17) is 18.9 Å². The molecule has 6 heteroatoms. The Kier molecular flexibility index (Phi) is 4.99. The lowest BCUT2D eigenvalue weighted by atomic mass is 10.0. The number of methoxy groups -OCH3 is 4. The van der Waals surface area contributed by atoms with Gasteiger partial charge in [-0.15, -0.1) is 0 Å². The van der Waals surface area contributed by atoms with Gasteiger partial charge < -0.3 is 18.9 Å². The second-order valence-electron chi connectivity index (χ2n) is 6.48. The average Bonchev–Trinajstić information content (AvgIpc) is 3.21. The van der Waals surface area contributed by atoms with Crippen molar-refractivity contribution >= 4 is 10.9 Å². The molecule has 0 unspecified atom stereocenters. The van der Waals surface area contributed by atoms with E-state index in [2.05, 4.69) is 22.3 Å². The molecule has 0 saturated heterocycles. The Bertz CT molecular complexity index is 1120. The highest BCUT2D eigenvalue weighted by Gasteiger charge is 2.17. The van der Waals surface area contributed by atoms with E-state index in [0.29, 0.717) is 17.2 Å². The average molecular weight is 390 g/mol. The molecule has 4 rings (SSSR count). The van der Waals surface area contributed by atoms with Crippen molar-refractivity contribution in [3.8, 4) is 45.4 Å². The minimum absolute atomic E-state index is 0.553. The van der Waals surface area contributed by atoms with Crippen molar-refractivity contribution in [2.75, 3.05) is 28.4 Å². The Labute approximate surface area is 169 Å². The molecule has 29 heavy (non-hydrogen) atoms. The van der Waals surface area contributed by atoms with Gasteiger partial charge in [-0.3, -0.25) is 5.10 Å². The Morgan fingerprint density at radius 1 is 0.655 bits per heavy atom. The molecule has 0 fully saturated rings. The summed E-state index contributed by atoms with van der Waals surface area (Å²) in [5.41, 5.74) is 4.83. The number of hydrogen-bond acceptors (Lipinski definition) is 5. The lowest BCUT2D eigenvalue weighted by Crippen LogP contribution is -1.96. The molecule has 0 saturated carbocycles. The predicted molar refractivity (Wildman–Crippen MR) is 113 cm³/mol. The summed E-state index contributed by atoms with van der Waals surface area (Å²) in [6.45, 7) is 0. The van der Waals surface area contributed by atoms with Crippen LogP contribution in [0.1, 0.15) is 0 Å². The summed E-state index contributed by atoms with van der Waals surface area (Å²) in [7, 11) is 6.46. The van der Waals surface area contributed by atoms with Gasteiger partial charge in [0.25, 0.3) is 0 Å². The third-order valence-electron chi connectivity index (χ3n) is 4.92. The zero-order valence-electron chi connectivity index (χ0n) is 16.8. The van der Waals surface area contributed by atoms with Crippen molar-refractivity contribution in [2.45, 2.75) is 0 Å². The van der Waals surface area contributed by atoms with E-state index in [1.165, 1.54) is 0 Å². The van der Waals surface area contributed by atoms with E-state index in [9.17, 15) is 0 Å². The summed E-state index contributed by atoms with van der Waals surface area (Å²) in [5, 5.41) is 8.65. The van der Waals surface area contributed by atoms with Crippen molar-refractivity contribution in [1.29, 1.82) is 0 Å². The lowest BCUT2D eigenvalue weighted by Gasteiger charge is -2.13. The highest BCUT2D eigenvalue weighted by molar-refractivity contribution is 5.96. The number of hydrogen-bond donors (Lipinski definition) is 1. The monoisotopic (exact) mass is 390 g/mol. The molecule has 3 aromatic carbocycles. The van der Waals surface area contributed by atoms with Crippen LogP contribution in [0.15, 0.2) is 54.6 Å². The summed E-state index contributed by atoms with van der Waals surface area (Å²) in [6.07, 6.45) is 0. The number of nitrogens with zero attached hydrogens (tertiary/aromatic N) is 1. The van der Waals surface area contributed by atoms with E-state index >= 15 is 0 Å². The largest absolute Gasteiger partial charge is 0.497 e. The fourth-order valence-corrected chi connectivity index (χ4v) is 3.41. The molecular formula is C23H22N2O4. The molecule has 0 bridgehead atoms. The van der Waals surface area contributed by atoms with Crippen LogP contribution in [0.2, 0.25) is 0 Å². The van der Waals surface area contributed by atoms with Gasteiger partial charge in [0.2, 0.25) is 5.75 Å². The van der Waals surface area contributed by atoms with Gasteiger partial charge in [0.15, 0.2) is 11.5 Å². The number of fused-ring (bicyclic) bond motifs is 1. The van der Waals surface area contributed by atoms with Gasteiger partial charge in [-0.1, -0.05) is 18.2 Å². The van der Waals surface area contributed by atoms with Crippen LogP contribution >= 0.6 is 0 Å². The van der Waals surface area contributed by atoms with Crippen LogP contribution in [0.4, 0.5) is 0 Å². The number of ether oxygens (including phenoxy) is 4. The van der Waals surface area contributed by atoms with Crippen LogP contribution < -0.4 is 18.9 Å².